The molecule has 7 heteroatoms. The van der Waals surface area contributed by atoms with Gasteiger partial charge in [-0.1, -0.05) is 24.3 Å². The average Bonchev–Trinajstić information content (AvgIpc) is 3.02. The van der Waals surface area contributed by atoms with Gasteiger partial charge >= 0.3 is 5.76 Å². The van der Waals surface area contributed by atoms with E-state index >= 15 is 0 Å². The zero-order valence-electron chi connectivity index (χ0n) is 15.0. The highest BCUT2D eigenvalue weighted by Crippen LogP contribution is 2.18. The molecule has 0 N–H and O–H groups in total. The lowest BCUT2D eigenvalue weighted by Crippen LogP contribution is -2.35. The van der Waals surface area contributed by atoms with Gasteiger partial charge in [-0.05, 0) is 31.2 Å². The second kappa shape index (κ2) is 6.68. The van der Waals surface area contributed by atoms with Crippen molar-refractivity contribution < 1.29 is 9.21 Å². The number of amides is 1. The van der Waals surface area contributed by atoms with Crippen LogP contribution in [-0.2, 0) is 11.3 Å². The van der Waals surface area contributed by atoms with Crippen molar-refractivity contribution in [3.63, 3.8) is 0 Å². The summed E-state index contributed by atoms with van der Waals surface area (Å²) >= 11 is 0. The molecule has 0 aliphatic heterocycles. The Balaban J connectivity index is 1.59. The summed E-state index contributed by atoms with van der Waals surface area (Å²) in [4.78, 5) is 35.6. The predicted octanol–water partition coefficient (Wildman–Crippen LogP) is 2.76. The van der Waals surface area contributed by atoms with Crippen LogP contribution in [0.3, 0.4) is 0 Å². The number of fused-ring (bicyclic) bond motifs is 2. The smallest absolute Gasteiger partial charge is 0.408 e. The number of hydrogen-bond donors (Lipinski definition) is 0. The highest BCUT2D eigenvalue weighted by atomic mass is 16.4. The molecule has 4 aromatic rings. The summed E-state index contributed by atoms with van der Waals surface area (Å²) in [6, 6.07) is 13.9. The molecular weight excluding hydrogens is 344 g/mol. The Bertz CT molecular complexity index is 1190. The molecule has 2 heterocycles. The summed E-state index contributed by atoms with van der Waals surface area (Å²) < 4.78 is 6.61. The molecule has 2 aromatic heterocycles. The largest absolute Gasteiger partial charge is 0.420 e. The van der Waals surface area contributed by atoms with Gasteiger partial charge in [-0.2, -0.15) is 0 Å². The van der Waals surface area contributed by atoms with Crippen LogP contribution in [0.4, 0.5) is 0 Å². The molecule has 136 valence electrons. The third-order valence-electron chi connectivity index (χ3n) is 4.54. The number of aromatic nitrogens is 3. The Morgan fingerprint density at radius 2 is 1.85 bits per heavy atom. The molecule has 0 radical (unpaired) electrons. The van der Waals surface area contributed by atoms with Crippen molar-refractivity contribution in [1.29, 1.82) is 0 Å². The first kappa shape index (κ1) is 17.0. The number of oxazole rings is 1. The van der Waals surface area contributed by atoms with Gasteiger partial charge in [0.15, 0.2) is 5.58 Å². The molecule has 0 saturated carbocycles. The van der Waals surface area contributed by atoms with E-state index in [2.05, 4.69) is 9.97 Å². The Hall–Kier alpha value is -3.48. The standard InChI is InChI=1S/C20H18N4O3/c1-13(24-17-9-5-6-10-18(17)27-20(24)26)19(25)23(2)12-14-11-21-15-7-3-4-8-16(15)22-14/h3-11,13H,12H2,1-2H3/t13-/m0/s1. The highest BCUT2D eigenvalue weighted by Gasteiger charge is 2.24. The minimum Gasteiger partial charge on any atom is -0.408 e. The van der Waals surface area contributed by atoms with Gasteiger partial charge in [-0.3, -0.25) is 14.3 Å². The molecule has 27 heavy (non-hydrogen) atoms. The summed E-state index contributed by atoms with van der Waals surface area (Å²) in [5.74, 6) is -0.755. The molecule has 0 spiro atoms. The van der Waals surface area contributed by atoms with Crippen LogP contribution in [0.25, 0.3) is 22.1 Å². The zero-order chi connectivity index (χ0) is 19.0. The van der Waals surface area contributed by atoms with E-state index in [1.807, 2.05) is 24.3 Å². The van der Waals surface area contributed by atoms with E-state index in [1.54, 1.807) is 44.4 Å². The minimum absolute atomic E-state index is 0.210. The third kappa shape index (κ3) is 3.08. The van der Waals surface area contributed by atoms with E-state index in [1.165, 1.54) is 9.47 Å². The van der Waals surface area contributed by atoms with Crippen molar-refractivity contribution in [2.45, 2.75) is 19.5 Å². The molecule has 0 fully saturated rings. The molecule has 4 rings (SSSR count). The number of rotatable bonds is 4. The van der Waals surface area contributed by atoms with Gasteiger partial charge in [-0.25, -0.2) is 9.78 Å². The Labute approximate surface area is 154 Å². The SMILES string of the molecule is C[C@@H](C(=O)N(C)Cc1cnc2ccccc2n1)n1c(=O)oc2ccccc21. The Kier molecular flexibility index (Phi) is 4.19. The van der Waals surface area contributed by atoms with Gasteiger partial charge < -0.3 is 9.32 Å². The fourth-order valence-electron chi connectivity index (χ4n) is 3.17. The topological polar surface area (TPSA) is 81.2 Å². The van der Waals surface area contributed by atoms with E-state index in [0.29, 0.717) is 23.3 Å². The van der Waals surface area contributed by atoms with E-state index in [9.17, 15) is 9.59 Å². The fraction of sp³-hybridized carbons (Fsp3) is 0.200. The van der Waals surface area contributed by atoms with Crippen LogP contribution in [0.1, 0.15) is 18.7 Å². The van der Waals surface area contributed by atoms with E-state index in [4.69, 9.17) is 4.42 Å². The molecule has 0 bridgehead atoms. The molecule has 7 nitrogen and oxygen atoms in total. The summed E-state index contributed by atoms with van der Waals surface area (Å²) in [7, 11) is 1.68. The first-order valence-corrected chi connectivity index (χ1v) is 8.60. The molecule has 0 aliphatic carbocycles. The fourth-order valence-corrected chi connectivity index (χ4v) is 3.17. The number of hydrogen-bond acceptors (Lipinski definition) is 5. The quantitative estimate of drug-likeness (QED) is 0.558. The van der Waals surface area contributed by atoms with Crippen molar-refractivity contribution in [3.05, 3.63) is 71.0 Å². The van der Waals surface area contributed by atoms with Crippen molar-refractivity contribution in [2.75, 3.05) is 7.05 Å². The Morgan fingerprint density at radius 3 is 2.67 bits per heavy atom. The lowest BCUT2D eigenvalue weighted by atomic mass is 10.2. The highest BCUT2D eigenvalue weighted by molar-refractivity contribution is 5.83. The van der Waals surface area contributed by atoms with Gasteiger partial charge in [0.05, 0.1) is 35.0 Å². The number of likely N-dealkylation sites (N-methyl/N-ethyl adjacent to an activating group) is 1. The van der Waals surface area contributed by atoms with Gasteiger partial charge in [0.1, 0.15) is 6.04 Å². The Morgan fingerprint density at radius 1 is 1.15 bits per heavy atom. The monoisotopic (exact) mass is 362 g/mol. The summed E-state index contributed by atoms with van der Waals surface area (Å²) in [5.41, 5.74) is 3.33. The van der Waals surface area contributed by atoms with Crippen LogP contribution in [0.5, 0.6) is 0 Å². The predicted molar refractivity (Wildman–Crippen MR) is 101 cm³/mol. The van der Waals surface area contributed by atoms with Crippen molar-refractivity contribution in [3.8, 4) is 0 Å². The number of para-hydroxylation sites is 4. The van der Waals surface area contributed by atoms with E-state index in [0.717, 1.165) is 11.0 Å². The van der Waals surface area contributed by atoms with Gasteiger partial charge in [0, 0.05) is 7.05 Å². The van der Waals surface area contributed by atoms with Gasteiger partial charge in [-0.15, -0.1) is 0 Å². The molecule has 1 amide bonds. The van der Waals surface area contributed by atoms with Crippen LogP contribution in [-0.4, -0.2) is 32.4 Å². The van der Waals surface area contributed by atoms with Crippen LogP contribution in [0, 0.1) is 0 Å². The van der Waals surface area contributed by atoms with Crippen LogP contribution < -0.4 is 5.76 Å². The molecule has 0 aliphatic rings. The van der Waals surface area contributed by atoms with E-state index < -0.39 is 11.8 Å². The number of carbonyl (C=O) groups excluding carboxylic acids is 1. The maximum atomic E-state index is 12.9. The average molecular weight is 362 g/mol. The summed E-state index contributed by atoms with van der Waals surface area (Å²) in [6.45, 7) is 1.99. The zero-order valence-corrected chi connectivity index (χ0v) is 15.0. The van der Waals surface area contributed by atoms with Crippen molar-refractivity contribution in [1.82, 2.24) is 19.4 Å². The molecule has 0 unspecified atom stereocenters. The molecule has 0 saturated heterocycles. The second-order valence-electron chi connectivity index (χ2n) is 6.43. The number of carbonyl (C=O) groups is 1. The number of benzene rings is 2. The maximum Gasteiger partial charge on any atom is 0.420 e. The van der Waals surface area contributed by atoms with E-state index in [-0.39, 0.29) is 5.91 Å². The maximum absolute atomic E-state index is 12.9. The van der Waals surface area contributed by atoms with Crippen LogP contribution in [0.2, 0.25) is 0 Å². The molecule has 2 aromatic carbocycles. The second-order valence-corrected chi connectivity index (χ2v) is 6.43. The number of nitrogens with zero attached hydrogens (tertiary/aromatic N) is 4. The molecular formula is C20H18N4O3. The lowest BCUT2D eigenvalue weighted by molar-refractivity contribution is -0.133. The molecule has 1 atom stereocenters. The van der Waals surface area contributed by atoms with Crippen molar-refractivity contribution >= 4 is 28.0 Å². The van der Waals surface area contributed by atoms with Crippen LogP contribution >= 0.6 is 0 Å². The summed E-state index contributed by atoms with van der Waals surface area (Å²) in [6.07, 6.45) is 1.66. The normalized spacial score (nSPS) is 12.4. The lowest BCUT2D eigenvalue weighted by Gasteiger charge is -2.21. The third-order valence-corrected chi connectivity index (χ3v) is 4.54. The summed E-state index contributed by atoms with van der Waals surface area (Å²) in [5, 5.41) is 0. The first-order chi connectivity index (χ1) is 13.0. The van der Waals surface area contributed by atoms with Crippen molar-refractivity contribution in [2.24, 2.45) is 0 Å². The van der Waals surface area contributed by atoms with Crippen LogP contribution in [0.15, 0.2) is 63.9 Å². The first-order valence-electron chi connectivity index (χ1n) is 8.60. The van der Waals surface area contributed by atoms with Gasteiger partial charge in [0.2, 0.25) is 5.91 Å². The minimum atomic E-state index is -0.695. The van der Waals surface area contributed by atoms with Gasteiger partial charge in [0.25, 0.3) is 0 Å².